The summed E-state index contributed by atoms with van der Waals surface area (Å²) in [5, 5.41) is 8.74. The molecule has 0 radical (unpaired) electrons. The van der Waals surface area contributed by atoms with E-state index in [1.54, 1.807) is 24.3 Å². The molecule has 3 amide bonds. The van der Waals surface area contributed by atoms with Crippen LogP contribution in [0, 0.1) is 0 Å². The van der Waals surface area contributed by atoms with Crippen LogP contribution in [0.3, 0.4) is 0 Å². The smallest absolute Gasteiger partial charge is 0.303 e. The van der Waals surface area contributed by atoms with E-state index in [0.29, 0.717) is 11.4 Å². The molecule has 8 nitrogen and oxygen atoms in total. The highest BCUT2D eigenvalue weighted by molar-refractivity contribution is 6.23. The molecule has 1 N–H and O–H groups in total. The maximum Gasteiger partial charge on any atom is 0.303 e. The van der Waals surface area contributed by atoms with Gasteiger partial charge in [-0.2, -0.15) is 0 Å². The van der Waals surface area contributed by atoms with Crippen molar-refractivity contribution in [3.63, 3.8) is 0 Å². The molecule has 1 aromatic rings. The third kappa shape index (κ3) is 4.08. The quantitative estimate of drug-likeness (QED) is 0.552. The lowest BCUT2D eigenvalue weighted by molar-refractivity contribution is -0.142. The number of ether oxygens (including phenoxy) is 1. The van der Waals surface area contributed by atoms with Crippen LogP contribution in [0.2, 0.25) is 0 Å². The highest BCUT2D eigenvalue weighted by Crippen LogP contribution is 2.27. The maximum absolute atomic E-state index is 12.8. The second kappa shape index (κ2) is 8.28. The van der Waals surface area contributed by atoms with Gasteiger partial charge in [0.15, 0.2) is 0 Å². The monoisotopic (exact) mass is 360 g/mol. The van der Waals surface area contributed by atoms with Crippen LogP contribution >= 0.6 is 0 Å². The standard InChI is InChI=1S/C18H20N2O6/c1-3-10-19(15(21)8-9-17(23)24)14-11-16(22)20(18(14)25)12-4-6-13(26-2)7-5-12/h3-7,14H,1,8-11H2,2H3,(H,23,24)/t14-/m1/s1. The number of hydrogen-bond acceptors (Lipinski definition) is 5. The van der Waals surface area contributed by atoms with E-state index in [0.717, 1.165) is 4.90 Å². The lowest BCUT2D eigenvalue weighted by Crippen LogP contribution is -2.45. The van der Waals surface area contributed by atoms with Crippen molar-refractivity contribution in [3.8, 4) is 5.75 Å². The number of carbonyl (C=O) groups is 4. The van der Waals surface area contributed by atoms with Crippen LogP contribution in [0.25, 0.3) is 0 Å². The summed E-state index contributed by atoms with van der Waals surface area (Å²) in [7, 11) is 1.51. The number of carbonyl (C=O) groups excluding carboxylic acids is 3. The Morgan fingerprint density at radius 2 is 1.96 bits per heavy atom. The fourth-order valence-corrected chi connectivity index (χ4v) is 2.76. The van der Waals surface area contributed by atoms with Gasteiger partial charge in [0.25, 0.3) is 5.91 Å². The third-order valence-electron chi connectivity index (χ3n) is 4.03. The molecule has 1 fully saturated rings. The zero-order valence-corrected chi connectivity index (χ0v) is 14.4. The second-order valence-electron chi connectivity index (χ2n) is 5.71. The van der Waals surface area contributed by atoms with Gasteiger partial charge in [0, 0.05) is 13.0 Å². The summed E-state index contributed by atoms with van der Waals surface area (Å²) in [5.74, 6) is -1.97. The van der Waals surface area contributed by atoms with Crippen molar-refractivity contribution in [2.45, 2.75) is 25.3 Å². The van der Waals surface area contributed by atoms with Gasteiger partial charge < -0.3 is 14.7 Å². The van der Waals surface area contributed by atoms with Gasteiger partial charge in [-0.25, -0.2) is 4.90 Å². The maximum atomic E-state index is 12.8. The number of methoxy groups -OCH3 is 1. The topological polar surface area (TPSA) is 104 Å². The Morgan fingerprint density at radius 1 is 1.31 bits per heavy atom. The van der Waals surface area contributed by atoms with Gasteiger partial charge in [0.1, 0.15) is 11.8 Å². The zero-order valence-electron chi connectivity index (χ0n) is 14.4. The fourth-order valence-electron chi connectivity index (χ4n) is 2.76. The van der Waals surface area contributed by atoms with Crippen molar-refractivity contribution in [3.05, 3.63) is 36.9 Å². The molecule has 26 heavy (non-hydrogen) atoms. The molecule has 8 heteroatoms. The first-order valence-electron chi connectivity index (χ1n) is 8.02. The minimum Gasteiger partial charge on any atom is -0.497 e. The van der Waals surface area contributed by atoms with Crippen LogP contribution in [0.15, 0.2) is 36.9 Å². The first kappa shape index (κ1) is 19.2. The molecule has 138 valence electrons. The molecule has 1 aliphatic rings. The Morgan fingerprint density at radius 3 is 2.50 bits per heavy atom. The van der Waals surface area contributed by atoms with Gasteiger partial charge in [-0.15, -0.1) is 6.58 Å². The Bertz CT molecular complexity index is 728. The molecule has 0 spiro atoms. The van der Waals surface area contributed by atoms with Crippen molar-refractivity contribution in [2.75, 3.05) is 18.6 Å². The molecule has 0 saturated carbocycles. The van der Waals surface area contributed by atoms with Crippen molar-refractivity contribution >= 4 is 29.4 Å². The number of nitrogens with zero attached hydrogens (tertiary/aromatic N) is 2. The molecule has 1 heterocycles. The molecule has 1 saturated heterocycles. The summed E-state index contributed by atoms with van der Waals surface area (Å²) in [6, 6.07) is 5.46. The van der Waals surface area contributed by atoms with E-state index in [9.17, 15) is 19.2 Å². The average Bonchev–Trinajstić information content (AvgIpc) is 2.91. The number of imide groups is 1. The molecule has 1 atom stereocenters. The van der Waals surface area contributed by atoms with E-state index >= 15 is 0 Å². The summed E-state index contributed by atoms with van der Waals surface area (Å²) in [6.45, 7) is 3.61. The molecule has 1 aliphatic heterocycles. The number of carboxylic acids is 1. The number of amides is 3. The SMILES string of the molecule is C=CCN(C(=O)CCC(=O)O)[C@@H]1CC(=O)N(c2ccc(OC)cc2)C1=O. The largest absolute Gasteiger partial charge is 0.497 e. The summed E-state index contributed by atoms with van der Waals surface area (Å²) in [4.78, 5) is 50.4. The highest BCUT2D eigenvalue weighted by atomic mass is 16.5. The van der Waals surface area contributed by atoms with Crippen LogP contribution in [0.1, 0.15) is 19.3 Å². The van der Waals surface area contributed by atoms with Crippen molar-refractivity contribution < 1.29 is 29.0 Å². The number of aliphatic carboxylic acids is 1. The number of rotatable bonds is 8. The molecule has 0 aromatic heterocycles. The Labute approximate surface area is 150 Å². The van der Waals surface area contributed by atoms with Gasteiger partial charge >= 0.3 is 5.97 Å². The third-order valence-corrected chi connectivity index (χ3v) is 4.03. The predicted molar refractivity (Wildman–Crippen MR) is 92.7 cm³/mol. The summed E-state index contributed by atoms with van der Waals surface area (Å²) >= 11 is 0. The number of hydrogen-bond donors (Lipinski definition) is 1. The van der Waals surface area contributed by atoms with E-state index in [1.807, 2.05) is 0 Å². The highest BCUT2D eigenvalue weighted by Gasteiger charge is 2.43. The van der Waals surface area contributed by atoms with Crippen LogP contribution in [0.5, 0.6) is 5.75 Å². The van der Waals surface area contributed by atoms with E-state index in [-0.39, 0.29) is 25.8 Å². The minimum atomic E-state index is -1.11. The first-order chi connectivity index (χ1) is 12.4. The molecular formula is C18H20N2O6. The van der Waals surface area contributed by atoms with Crippen LogP contribution < -0.4 is 9.64 Å². The number of carboxylic acid groups (broad SMARTS) is 1. The van der Waals surface area contributed by atoms with Crippen LogP contribution in [-0.2, 0) is 19.2 Å². The van der Waals surface area contributed by atoms with E-state index in [2.05, 4.69) is 6.58 Å². The normalized spacial score (nSPS) is 16.5. The van der Waals surface area contributed by atoms with Crippen molar-refractivity contribution in [2.24, 2.45) is 0 Å². The van der Waals surface area contributed by atoms with Crippen molar-refractivity contribution in [1.82, 2.24) is 4.90 Å². The number of anilines is 1. The molecule has 0 bridgehead atoms. The molecule has 0 aliphatic carbocycles. The lowest BCUT2D eigenvalue weighted by Gasteiger charge is -2.26. The van der Waals surface area contributed by atoms with Gasteiger partial charge in [-0.1, -0.05) is 6.08 Å². The molecule has 1 aromatic carbocycles. The summed E-state index contributed by atoms with van der Waals surface area (Å²) < 4.78 is 5.05. The van der Waals surface area contributed by atoms with Crippen molar-refractivity contribution in [1.29, 1.82) is 0 Å². The van der Waals surface area contributed by atoms with Crippen LogP contribution in [-0.4, -0.2) is 53.4 Å². The zero-order chi connectivity index (χ0) is 19.3. The van der Waals surface area contributed by atoms with Gasteiger partial charge in [0.05, 0.1) is 25.6 Å². The average molecular weight is 360 g/mol. The molecular weight excluding hydrogens is 340 g/mol. The van der Waals surface area contributed by atoms with Crippen LogP contribution in [0.4, 0.5) is 5.69 Å². The van der Waals surface area contributed by atoms with Gasteiger partial charge in [-0.05, 0) is 24.3 Å². The van der Waals surface area contributed by atoms with Gasteiger partial charge in [0.2, 0.25) is 11.8 Å². The minimum absolute atomic E-state index is 0.0542. The lowest BCUT2D eigenvalue weighted by atomic mass is 10.1. The fraction of sp³-hybridized carbons (Fsp3) is 0.333. The van der Waals surface area contributed by atoms with Gasteiger partial charge in [-0.3, -0.25) is 19.2 Å². The Kier molecular flexibility index (Phi) is 6.11. The van der Waals surface area contributed by atoms with E-state index < -0.39 is 29.7 Å². The Balaban J connectivity index is 2.21. The molecule has 2 rings (SSSR count). The second-order valence-corrected chi connectivity index (χ2v) is 5.71. The Hall–Kier alpha value is -3.16. The predicted octanol–water partition coefficient (Wildman–Crippen LogP) is 1.21. The summed E-state index contributed by atoms with van der Waals surface area (Å²) in [6.07, 6.45) is 0.692. The van der Waals surface area contributed by atoms with E-state index in [1.165, 1.54) is 18.1 Å². The summed E-state index contributed by atoms with van der Waals surface area (Å²) in [5.41, 5.74) is 0.389. The molecule has 0 unspecified atom stereocenters. The number of benzene rings is 1. The first-order valence-corrected chi connectivity index (χ1v) is 8.02. The van der Waals surface area contributed by atoms with E-state index in [4.69, 9.17) is 9.84 Å².